The van der Waals surface area contributed by atoms with Crippen molar-refractivity contribution < 1.29 is 14.3 Å². The van der Waals surface area contributed by atoms with Gasteiger partial charge in [0.2, 0.25) is 6.79 Å². The maximum Gasteiger partial charge on any atom is 0.271 e. The second-order valence-corrected chi connectivity index (χ2v) is 8.44. The van der Waals surface area contributed by atoms with Gasteiger partial charge in [0.1, 0.15) is 0 Å². The first-order valence-electron chi connectivity index (χ1n) is 9.32. The number of nitrogens with zero attached hydrogens (tertiary/aromatic N) is 1. The van der Waals surface area contributed by atoms with Gasteiger partial charge in [0.25, 0.3) is 5.91 Å². The maximum absolute atomic E-state index is 12.3. The highest BCUT2D eigenvalue weighted by Crippen LogP contribution is 2.36. The van der Waals surface area contributed by atoms with Gasteiger partial charge < -0.3 is 9.47 Å². The van der Waals surface area contributed by atoms with E-state index in [1.54, 1.807) is 6.21 Å². The van der Waals surface area contributed by atoms with Gasteiger partial charge >= 0.3 is 0 Å². The van der Waals surface area contributed by atoms with Gasteiger partial charge in [0.15, 0.2) is 11.5 Å². The second-order valence-electron chi connectivity index (χ2n) is 6.60. The van der Waals surface area contributed by atoms with Crippen LogP contribution in [-0.2, 0) is 11.5 Å². The normalized spacial score (nSPS) is 12.3. The fraction of sp³-hybridized carbons (Fsp3) is 0.130. The molecule has 1 amide bonds. The summed E-state index contributed by atoms with van der Waals surface area (Å²) in [5, 5.41) is 4.05. The zero-order valence-corrected chi connectivity index (χ0v) is 18.4. The third-order valence-corrected chi connectivity index (χ3v) is 6.22. The predicted molar refractivity (Wildman–Crippen MR) is 123 cm³/mol. The van der Waals surface area contributed by atoms with Crippen LogP contribution in [0.2, 0.25) is 0 Å². The Morgan fingerprint density at radius 3 is 2.40 bits per heavy atom. The number of amides is 1. The number of carbonyl (C=O) groups excluding carboxylic acids is 1. The van der Waals surface area contributed by atoms with Crippen molar-refractivity contribution in [3.05, 3.63) is 93.5 Å². The van der Waals surface area contributed by atoms with Crippen molar-refractivity contribution in [1.82, 2.24) is 5.43 Å². The van der Waals surface area contributed by atoms with E-state index in [1.807, 2.05) is 54.2 Å². The summed E-state index contributed by atoms with van der Waals surface area (Å²) >= 11 is 5.31. The average molecular weight is 483 g/mol. The van der Waals surface area contributed by atoms with E-state index in [-0.39, 0.29) is 12.7 Å². The first-order valence-corrected chi connectivity index (χ1v) is 11.3. The largest absolute Gasteiger partial charge is 0.454 e. The molecule has 0 aliphatic carbocycles. The van der Waals surface area contributed by atoms with Gasteiger partial charge in [0, 0.05) is 27.1 Å². The molecule has 1 N–H and O–H groups in total. The van der Waals surface area contributed by atoms with Gasteiger partial charge in [-0.15, -0.1) is 0 Å². The molecule has 0 radical (unpaired) electrons. The molecule has 1 aliphatic heterocycles. The molecule has 0 fully saturated rings. The molecule has 0 spiro atoms. The highest BCUT2D eigenvalue weighted by atomic mass is 79.9. The summed E-state index contributed by atoms with van der Waals surface area (Å²) in [5.74, 6) is 2.95. The van der Waals surface area contributed by atoms with Crippen LogP contribution in [0.4, 0.5) is 0 Å². The van der Waals surface area contributed by atoms with Crippen molar-refractivity contribution in [2.75, 3.05) is 6.79 Å². The minimum Gasteiger partial charge on any atom is -0.454 e. The monoisotopic (exact) mass is 482 g/mol. The molecule has 3 aromatic carbocycles. The maximum atomic E-state index is 12.3. The third-order valence-electron chi connectivity index (χ3n) is 4.46. The fourth-order valence-electron chi connectivity index (χ4n) is 2.87. The molecule has 5 nitrogen and oxygen atoms in total. The lowest BCUT2D eigenvalue weighted by Gasteiger charge is -2.05. The zero-order chi connectivity index (χ0) is 20.8. The molecule has 1 aliphatic rings. The summed E-state index contributed by atoms with van der Waals surface area (Å²) in [5.41, 5.74) is 6.40. The Labute approximate surface area is 187 Å². The highest BCUT2D eigenvalue weighted by Gasteiger charge is 2.15. The average Bonchev–Trinajstić information content (AvgIpc) is 3.22. The lowest BCUT2D eigenvalue weighted by molar-refractivity contribution is 0.0955. The first kappa shape index (κ1) is 20.5. The minimum atomic E-state index is -0.258. The SMILES string of the molecule is O=C(N/N=C/c1cc2c(cc1Br)OCO2)c1ccc(CSCc2ccccc2)cc1. The standard InChI is InChI=1S/C23H19BrN2O3S/c24-20-11-22-21(28-15-29-22)10-19(20)12-25-26-23(27)18-8-6-17(7-9-18)14-30-13-16-4-2-1-3-5-16/h1-12H,13-15H2,(H,26,27)/b25-12+. The van der Waals surface area contributed by atoms with Crippen LogP contribution in [0.15, 0.2) is 76.3 Å². The van der Waals surface area contributed by atoms with Crippen LogP contribution >= 0.6 is 27.7 Å². The molecular weight excluding hydrogens is 464 g/mol. The van der Waals surface area contributed by atoms with Crippen molar-refractivity contribution in [1.29, 1.82) is 0 Å². The zero-order valence-electron chi connectivity index (χ0n) is 16.0. The van der Waals surface area contributed by atoms with E-state index in [4.69, 9.17) is 9.47 Å². The second kappa shape index (κ2) is 9.82. The molecule has 0 aromatic heterocycles. The van der Waals surface area contributed by atoms with Crippen LogP contribution < -0.4 is 14.9 Å². The van der Waals surface area contributed by atoms with E-state index in [9.17, 15) is 4.79 Å². The number of nitrogens with one attached hydrogen (secondary N) is 1. The summed E-state index contributed by atoms with van der Waals surface area (Å²) in [6.45, 7) is 0.208. The number of rotatable bonds is 7. The van der Waals surface area contributed by atoms with E-state index in [0.29, 0.717) is 17.1 Å². The van der Waals surface area contributed by atoms with Gasteiger partial charge in [-0.25, -0.2) is 5.43 Å². The van der Waals surface area contributed by atoms with E-state index >= 15 is 0 Å². The van der Waals surface area contributed by atoms with Crippen LogP contribution in [0.25, 0.3) is 0 Å². The highest BCUT2D eigenvalue weighted by molar-refractivity contribution is 9.10. The summed E-state index contributed by atoms with van der Waals surface area (Å²) in [6.07, 6.45) is 1.57. The van der Waals surface area contributed by atoms with Crippen molar-refractivity contribution in [3.8, 4) is 11.5 Å². The molecule has 0 saturated heterocycles. The van der Waals surface area contributed by atoms with Crippen molar-refractivity contribution >= 4 is 39.8 Å². The van der Waals surface area contributed by atoms with Crippen molar-refractivity contribution in [2.24, 2.45) is 5.10 Å². The van der Waals surface area contributed by atoms with Crippen LogP contribution in [0.5, 0.6) is 11.5 Å². The predicted octanol–water partition coefficient (Wildman–Crippen LogP) is 5.38. The molecule has 4 rings (SSSR count). The minimum absolute atomic E-state index is 0.208. The van der Waals surface area contributed by atoms with Gasteiger partial charge in [-0.05, 0) is 51.3 Å². The van der Waals surface area contributed by atoms with Crippen LogP contribution in [0.3, 0.4) is 0 Å². The Kier molecular flexibility index (Phi) is 6.71. The molecule has 152 valence electrons. The summed E-state index contributed by atoms with van der Waals surface area (Å²) < 4.78 is 11.5. The van der Waals surface area contributed by atoms with E-state index < -0.39 is 0 Å². The molecular formula is C23H19BrN2O3S. The van der Waals surface area contributed by atoms with Crippen LogP contribution in [0, 0.1) is 0 Å². The lowest BCUT2D eigenvalue weighted by Crippen LogP contribution is -2.17. The molecule has 7 heteroatoms. The molecule has 0 atom stereocenters. The fourth-order valence-corrected chi connectivity index (χ4v) is 4.25. The Morgan fingerprint density at radius 2 is 1.67 bits per heavy atom. The van der Waals surface area contributed by atoms with Gasteiger partial charge in [-0.1, -0.05) is 42.5 Å². The molecule has 3 aromatic rings. The molecule has 0 bridgehead atoms. The molecule has 30 heavy (non-hydrogen) atoms. The quantitative estimate of drug-likeness (QED) is 0.363. The molecule has 1 heterocycles. The topological polar surface area (TPSA) is 59.9 Å². The number of carbonyl (C=O) groups is 1. The Hall–Kier alpha value is -2.77. The van der Waals surface area contributed by atoms with Crippen molar-refractivity contribution in [3.63, 3.8) is 0 Å². The van der Waals surface area contributed by atoms with Crippen LogP contribution in [-0.4, -0.2) is 18.9 Å². The van der Waals surface area contributed by atoms with E-state index in [2.05, 4.69) is 50.7 Å². The van der Waals surface area contributed by atoms with Crippen molar-refractivity contribution in [2.45, 2.75) is 11.5 Å². The van der Waals surface area contributed by atoms with E-state index in [0.717, 1.165) is 21.5 Å². The Bertz CT molecular complexity index is 1060. The van der Waals surface area contributed by atoms with Gasteiger partial charge in [-0.3, -0.25) is 4.79 Å². The smallest absolute Gasteiger partial charge is 0.271 e. The summed E-state index contributed by atoms with van der Waals surface area (Å²) in [6, 6.07) is 21.6. The Balaban J connectivity index is 1.29. The third kappa shape index (κ3) is 5.23. The number of hydrazone groups is 1. The number of hydrogen-bond acceptors (Lipinski definition) is 5. The van der Waals surface area contributed by atoms with E-state index in [1.165, 1.54) is 11.1 Å². The number of hydrogen-bond donors (Lipinski definition) is 1. The number of benzene rings is 3. The lowest BCUT2D eigenvalue weighted by atomic mass is 10.1. The summed E-state index contributed by atoms with van der Waals surface area (Å²) in [7, 11) is 0. The Morgan fingerprint density at radius 1 is 1.00 bits per heavy atom. The molecule has 0 unspecified atom stereocenters. The van der Waals surface area contributed by atoms with Gasteiger partial charge in [-0.2, -0.15) is 16.9 Å². The number of fused-ring (bicyclic) bond motifs is 1. The number of ether oxygens (including phenoxy) is 2. The van der Waals surface area contributed by atoms with Gasteiger partial charge in [0.05, 0.1) is 6.21 Å². The number of halogens is 1. The first-order chi connectivity index (χ1) is 14.7. The van der Waals surface area contributed by atoms with Crippen LogP contribution in [0.1, 0.15) is 27.0 Å². The number of thioether (sulfide) groups is 1. The summed E-state index contributed by atoms with van der Waals surface area (Å²) in [4.78, 5) is 12.3. The molecule has 0 saturated carbocycles.